The second-order valence-electron chi connectivity index (χ2n) is 5.68. The quantitative estimate of drug-likeness (QED) is 0.522. The average molecular weight is 365 g/mol. The number of fused-ring (bicyclic) bond motifs is 1. The standard InChI is InChI=1S/C17H15N7O3/c1-2-27-16(26)12-7-20-24(9-12)17-21-14-13(15(25)22-17)23(10-19-14)8-11-3-5-18-6-4-11/h3-7,9-10H,2,8H2,1H3,(H,21,22,25). The maximum Gasteiger partial charge on any atom is 0.341 e. The molecule has 0 fully saturated rings. The second-order valence-corrected chi connectivity index (χ2v) is 5.68. The fourth-order valence-corrected chi connectivity index (χ4v) is 2.65. The van der Waals surface area contributed by atoms with E-state index >= 15 is 0 Å². The largest absolute Gasteiger partial charge is 0.462 e. The number of hydrogen-bond acceptors (Lipinski definition) is 7. The molecule has 10 heteroatoms. The van der Waals surface area contributed by atoms with Gasteiger partial charge in [0.05, 0.1) is 24.7 Å². The number of hydrogen-bond donors (Lipinski definition) is 1. The molecule has 4 aromatic rings. The van der Waals surface area contributed by atoms with Crippen LogP contribution in [0, 0.1) is 0 Å². The number of H-pyrrole nitrogens is 1. The highest BCUT2D eigenvalue weighted by Gasteiger charge is 2.15. The average Bonchev–Trinajstić information content (AvgIpc) is 3.31. The number of nitrogens with zero attached hydrogens (tertiary/aromatic N) is 6. The van der Waals surface area contributed by atoms with Gasteiger partial charge in [0.25, 0.3) is 5.56 Å². The van der Waals surface area contributed by atoms with Crippen molar-refractivity contribution in [3.05, 3.63) is 64.7 Å². The lowest BCUT2D eigenvalue weighted by molar-refractivity contribution is 0.0526. The van der Waals surface area contributed by atoms with Crippen molar-refractivity contribution in [2.45, 2.75) is 13.5 Å². The monoisotopic (exact) mass is 365 g/mol. The van der Waals surface area contributed by atoms with E-state index in [2.05, 4.69) is 25.0 Å². The summed E-state index contributed by atoms with van der Waals surface area (Å²) in [5.74, 6) is -0.328. The third-order valence-electron chi connectivity index (χ3n) is 3.88. The van der Waals surface area contributed by atoms with Crippen LogP contribution in [-0.4, -0.2) is 46.9 Å². The molecule has 0 aliphatic carbocycles. The summed E-state index contributed by atoms with van der Waals surface area (Å²) in [6.45, 7) is 2.45. The molecule has 1 N–H and O–H groups in total. The van der Waals surface area contributed by atoms with Crippen molar-refractivity contribution in [2.24, 2.45) is 0 Å². The molecule has 0 saturated carbocycles. The molecular formula is C17H15N7O3. The minimum absolute atomic E-state index is 0.164. The van der Waals surface area contributed by atoms with Crippen molar-refractivity contribution >= 4 is 17.1 Å². The van der Waals surface area contributed by atoms with E-state index in [1.165, 1.54) is 17.1 Å². The molecule has 0 unspecified atom stereocenters. The van der Waals surface area contributed by atoms with Crippen LogP contribution in [0.25, 0.3) is 17.1 Å². The molecular weight excluding hydrogens is 350 g/mol. The number of nitrogens with one attached hydrogen (secondary N) is 1. The van der Waals surface area contributed by atoms with Crippen LogP contribution in [-0.2, 0) is 11.3 Å². The molecule has 0 aliphatic heterocycles. The summed E-state index contributed by atoms with van der Waals surface area (Å²) in [5, 5.41) is 4.05. The van der Waals surface area contributed by atoms with Crippen LogP contribution < -0.4 is 5.56 Å². The number of pyridine rings is 1. The summed E-state index contributed by atoms with van der Waals surface area (Å²) in [6, 6.07) is 3.73. The Morgan fingerprint density at radius 1 is 1.30 bits per heavy atom. The highest BCUT2D eigenvalue weighted by molar-refractivity contribution is 5.88. The number of carbonyl (C=O) groups excluding carboxylic acids is 1. The maximum absolute atomic E-state index is 12.6. The minimum Gasteiger partial charge on any atom is -0.462 e. The summed E-state index contributed by atoms with van der Waals surface area (Å²) in [4.78, 5) is 39.5. The molecule has 0 spiro atoms. The van der Waals surface area contributed by atoms with E-state index in [0.29, 0.717) is 12.1 Å². The van der Waals surface area contributed by atoms with Crippen molar-refractivity contribution in [2.75, 3.05) is 6.61 Å². The highest BCUT2D eigenvalue weighted by Crippen LogP contribution is 2.11. The first kappa shape index (κ1) is 16.6. The van der Waals surface area contributed by atoms with Gasteiger partial charge in [-0.3, -0.25) is 14.8 Å². The Balaban J connectivity index is 1.69. The van der Waals surface area contributed by atoms with Gasteiger partial charge in [-0.2, -0.15) is 10.1 Å². The molecule has 4 rings (SSSR count). The molecule has 0 radical (unpaired) electrons. The zero-order valence-corrected chi connectivity index (χ0v) is 14.4. The van der Waals surface area contributed by atoms with Gasteiger partial charge in [0.2, 0.25) is 5.95 Å². The van der Waals surface area contributed by atoms with E-state index < -0.39 is 5.97 Å². The molecule has 0 saturated heterocycles. The number of rotatable bonds is 5. The van der Waals surface area contributed by atoms with Gasteiger partial charge in [-0.05, 0) is 24.6 Å². The lowest BCUT2D eigenvalue weighted by Crippen LogP contribution is -2.16. The molecule has 0 amide bonds. The zero-order valence-electron chi connectivity index (χ0n) is 14.4. The van der Waals surface area contributed by atoms with E-state index in [1.807, 2.05) is 12.1 Å². The molecule has 0 bridgehead atoms. The maximum atomic E-state index is 12.6. The molecule has 4 aromatic heterocycles. The van der Waals surface area contributed by atoms with E-state index in [0.717, 1.165) is 5.56 Å². The molecule has 136 valence electrons. The van der Waals surface area contributed by atoms with Crippen molar-refractivity contribution in [1.82, 2.24) is 34.3 Å². The SMILES string of the molecule is CCOC(=O)c1cnn(-c2nc3ncn(Cc4ccncc4)c3c(=O)[nH]2)c1. The Labute approximate surface area is 152 Å². The molecule has 0 atom stereocenters. The van der Waals surface area contributed by atoms with Crippen LogP contribution in [0.2, 0.25) is 0 Å². The van der Waals surface area contributed by atoms with Crippen molar-refractivity contribution < 1.29 is 9.53 Å². The lowest BCUT2D eigenvalue weighted by Gasteiger charge is -2.04. The van der Waals surface area contributed by atoms with Gasteiger partial charge in [-0.1, -0.05) is 0 Å². The van der Waals surface area contributed by atoms with E-state index in [4.69, 9.17) is 4.74 Å². The predicted octanol–water partition coefficient (Wildman–Crippen LogP) is 0.925. The number of esters is 1. The third-order valence-corrected chi connectivity index (χ3v) is 3.88. The van der Waals surface area contributed by atoms with Gasteiger partial charge in [-0.15, -0.1) is 0 Å². The summed E-state index contributed by atoms with van der Waals surface area (Å²) < 4.78 is 7.94. The van der Waals surface area contributed by atoms with Gasteiger partial charge in [0.15, 0.2) is 11.2 Å². The molecule has 10 nitrogen and oxygen atoms in total. The van der Waals surface area contributed by atoms with E-state index in [-0.39, 0.29) is 29.3 Å². The summed E-state index contributed by atoms with van der Waals surface area (Å²) in [7, 11) is 0. The molecule has 4 heterocycles. The van der Waals surface area contributed by atoms with Crippen molar-refractivity contribution in [1.29, 1.82) is 0 Å². The van der Waals surface area contributed by atoms with Crippen LogP contribution in [0.15, 0.2) is 48.0 Å². The first-order valence-electron chi connectivity index (χ1n) is 8.22. The van der Waals surface area contributed by atoms with E-state index in [9.17, 15) is 9.59 Å². The van der Waals surface area contributed by atoms with Crippen molar-refractivity contribution in [3.63, 3.8) is 0 Å². The Kier molecular flexibility index (Phi) is 4.21. The summed E-state index contributed by atoms with van der Waals surface area (Å²) in [5.41, 5.74) is 1.54. The number of aromatic nitrogens is 7. The Morgan fingerprint density at radius 2 is 2.11 bits per heavy atom. The Hall–Kier alpha value is -3.82. The summed E-state index contributed by atoms with van der Waals surface area (Å²) in [6.07, 6.45) is 7.73. The third kappa shape index (κ3) is 3.19. The first-order valence-corrected chi connectivity index (χ1v) is 8.22. The fraction of sp³-hybridized carbons (Fsp3) is 0.176. The van der Waals surface area contributed by atoms with Gasteiger partial charge >= 0.3 is 5.97 Å². The van der Waals surface area contributed by atoms with Gasteiger partial charge in [0.1, 0.15) is 0 Å². The molecule has 27 heavy (non-hydrogen) atoms. The summed E-state index contributed by atoms with van der Waals surface area (Å²) >= 11 is 0. The van der Waals surface area contributed by atoms with Crippen LogP contribution in [0.1, 0.15) is 22.8 Å². The van der Waals surface area contributed by atoms with E-state index in [1.54, 1.807) is 30.2 Å². The first-order chi connectivity index (χ1) is 13.2. The number of carbonyl (C=O) groups is 1. The molecule has 0 aromatic carbocycles. The Morgan fingerprint density at radius 3 is 2.89 bits per heavy atom. The topological polar surface area (TPSA) is 121 Å². The highest BCUT2D eigenvalue weighted by atomic mass is 16.5. The smallest absolute Gasteiger partial charge is 0.341 e. The molecule has 0 aliphatic rings. The van der Waals surface area contributed by atoms with Crippen LogP contribution in [0.3, 0.4) is 0 Å². The van der Waals surface area contributed by atoms with Crippen LogP contribution >= 0.6 is 0 Å². The van der Waals surface area contributed by atoms with Gasteiger partial charge < -0.3 is 9.30 Å². The number of imidazole rings is 1. The van der Waals surface area contributed by atoms with Crippen LogP contribution in [0.4, 0.5) is 0 Å². The predicted molar refractivity (Wildman–Crippen MR) is 94.6 cm³/mol. The van der Waals surface area contributed by atoms with Gasteiger partial charge in [0, 0.05) is 25.1 Å². The Bertz CT molecular complexity index is 1160. The second kappa shape index (κ2) is 6.83. The normalized spacial score (nSPS) is 11.0. The minimum atomic E-state index is -0.492. The lowest BCUT2D eigenvalue weighted by atomic mass is 10.3. The number of aromatic amines is 1. The fourth-order valence-electron chi connectivity index (χ4n) is 2.65. The van der Waals surface area contributed by atoms with Crippen molar-refractivity contribution in [3.8, 4) is 5.95 Å². The number of ether oxygens (including phenoxy) is 1. The van der Waals surface area contributed by atoms with Crippen LogP contribution in [0.5, 0.6) is 0 Å². The van der Waals surface area contributed by atoms with Gasteiger partial charge in [-0.25, -0.2) is 14.5 Å². The zero-order chi connectivity index (χ0) is 18.8.